The second kappa shape index (κ2) is 17.8. The van der Waals surface area contributed by atoms with E-state index in [1.807, 2.05) is 0 Å². The molecule has 1 aromatic heterocycles. The average molecular weight is 723 g/mol. The fourth-order valence-corrected chi connectivity index (χ4v) is 7.59. The van der Waals surface area contributed by atoms with E-state index < -0.39 is 11.1 Å². The third kappa shape index (κ3) is 11.0. The van der Waals surface area contributed by atoms with Crippen molar-refractivity contribution in [2.45, 2.75) is 32.1 Å². The van der Waals surface area contributed by atoms with E-state index in [-0.39, 0.29) is 16.1 Å². The summed E-state index contributed by atoms with van der Waals surface area (Å²) in [6, 6.07) is 1.75. The standard InChI is InChI=1S/C34H46N10O4S2/c1-23(36-11-4-26(35)20-28-30(45)39-33(47)49-28)43-14-7-24(8-15-43)6-13-41(2)18-19-42(3)22-25-9-16-44(17-10-25)32-37-12-5-27(38-32)21-29-31(46)40-34(48)50-29/h4-5,11-12,20-21,24-25H,1,6-10,13-19,22,35H2,2-3H3,(H,39,45,47)(H,40,46,48)/b26-4-,28-20-,29-21-,36-11-. The molecule has 0 aromatic carbocycles. The van der Waals surface area contributed by atoms with Gasteiger partial charge in [-0.2, -0.15) is 0 Å². The lowest BCUT2D eigenvalue weighted by Gasteiger charge is -2.35. The molecule has 0 radical (unpaired) electrons. The molecule has 0 aliphatic carbocycles. The maximum Gasteiger partial charge on any atom is 0.290 e. The highest BCUT2D eigenvalue weighted by Crippen LogP contribution is 2.27. The molecule has 4 saturated heterocycles. The van der Waals surface area contributed by atoms with E-state index in [1.54, 1.807) is 30.6 Å². The quantitative estimate of drug-likeness (QED) is 0.189. The van der Waals surface area contributed by atoms with Gasteiger partial charge in [0.15, 0.2) is 0 Å². The number of nitrogens with zero attached hydrogens (tertiary/aromatic N) is 7. The molecule has 5 heterocycles. The Hall–Kier alpha value is -3.99. The number of aromatic nitrogens is 2. The summed E-state index contributed by atoms with van der Waals surface area (Å²) in [4.78, 5) is 69.7. The molecule has 0 spiro atoms. The van der Waals surface area contributed by atoms with Gasteiger partial charge in [0.25, 0.3) is 22.3 Å². The summed E-state index contributed by atoms with van der Waals surface area (Å²) in [6.07, 6.45) is 13.5. The number of allylic oxidation sites excluding steroid dienone is 2. The van der Waals surface area contributed by atoms with Gasteiger partial charge >= 0.3 is 0 Å². The Kier molecular flexibility index (Phi) is 13.3. The van der Waals surface area contributed by atoms with Gasteiger partial charge in [0, 0.05) is 63.9 Å². The molecule has 4 N–H and O–H groups in total. The fourth-order valence-electron chi connectivity index (χ4n) is 6.25. The van der Waals surface area contributed by atoms with Gasteiger partial charge in [-0.25, -0.2) is 15.0 Å². The first-order chi connectivity index (χ1) is 24.0. The molecule has 14 nitrogen and oxygen atoms in total. The molecule has 0 saturated carbocycles. The van der Waals surface area contributed by atoms with Gasteiger partial charge in [-0.1, -0.05) is 6.58 Å². The summed E-state index contributed by atoms with van der Waals surface area (Å²) in [5.74, 6) is 1.84. The zero-order valence-electron chi connectivity index (χ0n) is 28.7. The summed E-state index contributed by atoms with van der Waals surface area (Å²) in [5.41, 5.74) is 6.91. The second-order valence-electron chi connectivity index (χ2n) is 13.1. The zero-order chi connectivity index (χ0) is 35.6. The van der Waals surface area contributed by atoms with Crippen LogP contribution in [0.15, 0.2) is 57.3 Å². The molecule has 1 aromatic rings. The second-order valence-corrected chi connectivity index (χ2v) is 15.1. The number of carbonyl (C=O) groups is 4. The number of hydrogen-bond donors (Lipinski definition) is 3. The van der Waals surface area contributed by atoms with E-state index in [9.17, 15) is 19.2 Å². The minimum Gasteiger partial charge on any atom is -0.399 e. The van der Waals surface area contributed by atoms with Crippen LogP contribution in [0.1, 0.15) is 37.8 Å². The van der Waals surface area contributed by atoms with Gasteiger partial charge in [0.1, 0.15) is 5.82 Å². The Morgan fingerprint density at radius 3 is 2.26 bits per heavy atom. The van der Waals surface area contributed by atoms with Crippen molar-refractivity contribution in [3.63, 3.8) is 0 Å². The van der Waals surface area contributed by atoms with Gasteiger partial charge in [-0.05, 0) is 112 Å². The maximum atomic E-state index is 11.9. The fraction of sp³-hybridized carbons (Fsp3) is 0.500. The summed E-state index contributed by atoms with van der Waals surface area (Å²) in [5, 5.41) is 3.72. The smallest absolute Gasteiger partial charge is 0.290 e. The maximum absolute atomic E-state index is 11.9. The summed E-state index contributed by atoms with van der Waals surface area (Å²) in [7, 11) is 4.42. The van der Waals surface area contributed by atoms with Crippen molar-refractivity contribution in [2.24, 2.45) is 22.6 Å². The number of hydrogen-bond acceptors (Lipinski definition) is 14. The molecular weight excluding hydrogens is 677 g/mol. The Balaban J connectivity index is 0.940. The Morgan fingerprint density at radius 1 is 0.960 bits per heavy atom. The molecular formula is C34H46N10O4S2. The molecule has 5 rings (SSSR count). The number of likely N-dealkylation sites (tertiary alicyclic amines) is 1. The number of nitrogens with two attached hydrogens (primary N) is 1. The Morgan fingerprint density at radius 2 is 1.60 bits per heavy atom. The van der Waals surface area contributed by atoms with Gasteiger partial charge in [0.2, 0.25) is 5.95 Å². The topological polar surface area (TPSA) is 169 Å². The van der Waals surface area contributed by atoms with Crippen LogP contribution in [0.5, 0.6) is 0 Å². The van der Waals surface area contributed by atoms with Crippen LogP contribution in [0, 0.1) is 11.8 Å². The predicted molar refractivity (Wildman–Crippen MR) is 199 cm³/mol. The number of carbonyl (C=O) groups excluding carboxylic acids is 4. The van der Waals surface area contributed by atoms with E-state index in [0.29, 0.717) is 39.9 Å². The zero-order valence-corrected chi connectivity index (χ0v) is 30.3. The van der Waals surface area contributed by atoms with Crippen molar-refractivity contribution >= 4 is 64.1 Å². The number of imide groups is 2. The SMILES string of the molecule is C=C(\N=C/C=C(N)/C=C1\SC(=O)NC1=O)N1CCC(CCN(C)CCN(C)CC2CCN(c3nccc(/C=C4\SC(=O)NC4=O)n3)CC2)CC1. The van der Waals surface area contributed by atoms with E-state index in [0.717, 1.165) is 102 Å². The van der Waals surface area contributed by atoms with Gasteiger partial charge in [0.05, 0.1) is 15.5 Å². The van der Waals surface area contributed by atoms with E-state index >= 15 is 0 Å². The molecule has 268 valence electrons. The van der Waals surface area contributed by atoms with Crippen LogP contribution in [-0.4, -0.2) is 120 Å². The molecule has 4 amide bonds. The summed E-state index contributed by atoms with van der Waals surface area (Å²) >= 11 is 1.72. The highest BCUT2D eigenvalue weighted by molar-refractivity contribution is 8.18. The van der Waals surface area contributed by atoms with E-state index in [1.165, 1.54) is 12.5 Å². The third-order valence-corrected chi connectivity index (χ3v) is 10.9. The number of likely N-dealkylation sites (N-methyl/N-ethyl adjacent to an activating group) is 2. The van der Waals surface area contributed by atoms with Crippen molar-refractivity contribution in [3.05, 3.63) is 58.0 Å². The molecule has 0 atom stereocenters. The highest BCUT2D eigenvalue weighted by Gasteiger charge is 2.27. The number of thioether (sulfide) groups is 2. The lowest BCUT2D eigenvalue weighted by molar-refractivity contribution is -0.116. The van der Waals surface area contributed by atoms with Crippen molar-refractivity contribution in [3.8, 4) is 0 Å². The number of aliphatic imine (C=N–C) groups is 1. The Bertz CT molecular complexity index is 1580. The van der Waals surface area contributed by atoms with Crippen LogP contribution in [0.4, 0.5) is 15.5 Å². The first-order valence-electron chi connectivity index (χ1n) is 16.9. The normalized spacial score (nSPS) is 21.5. The van der Waals surface area contributed by atoms with Crippen LogP contribution in [0.2, 0.25) is 0 Å². The number of anilines is 1. The molecule has 4 fully saturated rings. The molecule has 16 heteroatoms. The largest absolute Gasteiger partial charge is 0.399 e. The molecule has 4 aliphatic heterocycles. The van der Waals surface area contributed by atoms with Crippen molar-refractivity contribution in [1.29, 1.82) is 0 Å². The Labute approximate surface area is 301 Å². The van der Waals surface area contributed by atoms with E-state index in [2.05, 4.69) is 65.9 Å². The van der Waals surface area contributed by atoms with Crippen LogP contribution < -0.4 is 21.3 Å². The highest BCUT2D eigenvalue weighted by atomic mass is 32.2. The minimum absolute atomic E-state index is 0.271. The van der Waals surface area contributed by atoms with Gasteiger partial charge in [-0.3, -0.25) is 29.8 Å². The summed E-state index contributed by atoms with van der Waals surface area (Å²) in [6.45, 7) is 11.9. The first kappa shape index (κ1) is 37.3. The number of amides is 4. The average Bonchev–Trinajstić information content (AvgIpc) is 3.59. The molecule has 0 unspecified atom stereocenters. The lowest BCUT2D eigenvalue weighted by atomic mass is 9.93. The van der Waals surface area contributed by atoms with Crippen molar-refractivity contribution < 1.29 is 19.2 Å². The molecule has 50 heavy (non-hydrogen) atoms. The number of nitrogens with one attached hydrogen (secondary N) is 2. The third-order valence-electron chi connectivity index (χ3n) is 9.25. The van der Waals surface area contributed by atoms with Crippen LogP contribution in [0.25, 0.3) is 6.08 Å². The number of rotatable bonds is 14. The van der Waals surface area contributed by atoms with Crippen LogP contribution in [-0.2, 0) is 9.59 Å². The van der Waals surface area contributed by atoms with E-state index in [4.69, 9.17) is 5.73 Å². The van der Waals surface area contributed by atoms with Gasteiger partial charge < -0.3 is 25.3 Å². The first-order valence-corrected chi connectivity index (χ1v) is 18.5. The molecule has 4 aliphatic rings. The molecule has 0 bridgehead atoms. The van der Waals surface area contributed by atoms with Crippen molar-refractivity contribution in [2.75, 3.05) is 71.4 Å². The van der Waals surface area contributed by atoms with Crippen molar-refractivity contribution in [1.82, 2.24) is 35.3 Å². The van der Waals surface area contributed by atoms with Crippen LogP contribution >= 0.6 is 23.5 Å². The summed E-state index contributed by atoms with van der Waals surface area (Å²) < 4.78 is 0. The monoisotopic (exact) mass is 722 g/mol. The lowest BCUT2D eigenvalue weighted by Crippen LogP contribution is -2.40. The number of piperidine rings is 2. The van der Waals surface area contributed by atoms with Gasteiger partial charge in [-0.15, -0.1) is 0 Å². The van der Waals surface area contributed by atoms with Crippen LogP contribution in [0.3, 0.4) is 0 Å². The minimum atomic E-state index is -0.437. The predicted octanol–water partition coefficient (Wildman–Crippen LogP) is 3.23.